The van der Waals surface area contributed by atoms with Crippen molar-refractivity contribution in [2.45, 2.75) is 32.0 Å². The predicted octanol–water partition coefficient (Wildman–Crippen LogP) is 4.44. The molecule has 2 aliphatic rings. The van der Waals surface area contributed by atoms with E-state index in [2.05, 4.69) is 35.9 Å². The zero-order valence-corrected chi connectivity index (χ0v) is 18.3. The van der Waals surface area contributed by atoms with Gasteiger partial charge in [0.2, 0.25) is 0 Å². The number of benzene rings is 2. The summed E-state index contributed by atoms with van der Waals surface area (Å²) in [6.45, 7) is 6.28. The lowest BCUT2D eigenvalue weighted by atomic mass is 10.0. The first kappa shape index (κ1) is 20.5. The van der Waals surface area contributed by atoms with Crippen LogP contribution in [-0.4, -0.2) is 39.9 Å². The van der Waals surface area contributed by atoms with E-state index in [4.69, 9.17) is 9.47 Å². The molecule has 6 heteroatoms. The topological polar surface area (TPSA) is 56.6 Å². The molecule has 3 aromatic rings. The maximum Gasteiger partial charge on any atom is 0.258 e. The molecule has 1 fully saturated rings. The molecule has 3 heterocycles. The fourth-order valence-corrected chi connectivity index (χ4v) is 4.46. The molecule has 1 aromatic heterocycles. The highest BCUT2D eigenvalue weighted by Crippen LogP contribution is 2.35. The summed E-state index contributed by atoms with van der Waals surface area (Å²) in [5.74, 6) is 0.642. The summed E-state index contributed by atoms with van der Waals surface area (Å²) in [5, 5.41) is 4.23. The van der Waals surface area contributed by atoms with Gasteiger partial charge in [0.05, 0.1) is 17.9 Å². The first-order chi connectivity index (χ1) is 15.6. The van der Waals surface area contributed by atoms with Crippen LogP contribution in [0.2, 0.25) is 0 Å². The second-order valence-corrected chi connectivity index (χ2v) is 8.42. The number of fused-ring (bicyclic) bond motifs is 1. The summed E-state index contributed by atoms with van der Waals surface area (Å²) in [4.78, 5) is 15.2. The first-order valence-corrected chi connectivity index (χ1v) is 11.0. The summed E-state index contributed by atoms with van der Waals surface area (Å²) < 4.78 is 13.5. The van der Waals surface area contributed by atoms with E-state index in [9.17, 15) is 4.79 Å². The number of carbonyl (C=O) groups excluding carboxylic acids is 1. The molecule has 0 N–H and O–H groups in total. The minimum atomic E-state index is 0.00220. The van der Waals surface area contributed by atoms with Crippen LogP contribution in [0.3, 0.4) is 0 Å². The molecule has 0 aliphatic carbocycles. The molecular formula is C26H27N3O3. The monoisotopic (exact) mass is 429 g/mol. The number of aryl methyl sites for hydroxylation is 1. The Hall–Kier alpha value is -3.38. The van der Waals surface area contributed by atoms with Crippen molar-refractivity contribution in [1.82, 2.24) is 14.7 Å². The minimum absolute atomic E-state index is 0.00220. The molecule has 0 radical (unpaired) electrons. The Morgan fingerprint density at radius 3 is 2.75 bits per heavy atom. The van der Waals surface area contributed by atoms with Crippen LogP contribution in [-0.2, 0) is 24.9 Å². The van der Waals surface area contributed by atoms with E-state index in [0.29, 0.717) is 31.0 Å². The average molecular weight is 430 g/mol. The molecule has 0 bridgehead atoms. The molecular weight excluding hydrogens is 402 g/mol. The number of hydrogen-bond acceptors (Lipinski definition) is 4. The number of carbonyl (C=O) groups is 1. The summed E-state index contributed by atoms with van der Waals surface area (Å²) in [5.41, 5.74) is 5.89. The first-order valence-electron chi connectivity index (χ1n) is 11.0. The molecule has 1 saturated heterocycles. The molecule has 1 unspecified atom stereocenters. The Morgan fingerprint density at radius 2 is 2.06 bits per heavy atom. The zero-order chi connectivity index (χ0) is 22.1. The molecule has 6 nitrogen and oxygen atoms in total. The molecule has 2 aromatic carbocycles. The van der Waals surface area contributed by atoms with Crippen LogP contribution in [0.4, 0.5) is 0 Å². The van der Waals surface area contributed by atoms with Crippen LogP contribution >= 0.6 is 0 Å². The molecule has 0 saturated carbocycles. The van der Waals surface area contributed by atoms with Gasteiger partial charge in [-0.2, -0.15) is 5.10 Å². The van der Waals surface area contributed by atoms with Gasteiger partial charge < -0.3 is 14.4 Å². The van der Waals surface area contributed by atoms with Gasteiger partial charge in [0, 0.05) is 38.5 Å². The van der Waals surface area contributed by atoms with Crippen LogP contribution < -0.4 is 4.74 Å². The number of amides is 1. The number of hydrogen-bond donors (Lipinski definition) is 0. The number of aromatic nitrogens is 2. The average Bonchev–Trinajstić information content (AvgIpc) is 3.55. The van der Waals surface area contributed by atoms with Crippen molar-refractivity contribution >= 4 is 12.0 Å². The minimum Gasteiger partial charge on any atom is -0.490 e. The van der Waals surface area contributed by atoms with Crippen molar-refractivity contribution in [2.24, 2.45) is 7.05 Å². The van der Waals surface area contributed by atoms with Gasteiger partial charge in [-0.25, -0.2) is 0 Å². The van der Waals surface area contributed by atoms with E-state index >= 15 is 0 Å². The van der Waals surface area contributed by atoms with E-state index in [1.165, 1.54) is 0 Å². The van der Waals surface area contributed by atoms with Gasteiger partial charge in [-0.05, 0) is 41.2 Å². The molecule has 1 amide bonds. The predicted molar refractivity (Wildman–Crippen MR) is 123 cm³/mol. The highest BCUT2D eigenvalue weighted by molar-refractivity contribution is 6.02. The van der Waals surface area contributed by atoms with Gasteiger partial charge in [-0.1, -0.05) is 43.0 Å². The standard InChI is InChI=1S/C26H27N3O3/c1-3-19-10-11-24(32-17-22-5-4-12-31-22)25-23(19)16-29(26(25)30)14-18-6-8-20(9-7-18)21-13-27-28(2)15-21/h3,6-11,13,15,22H,1,4-5,12,14,16-17H2,2H3. The lowest BCUT2D eigenvalue weighted by Gasteiger charge is -2.16. The molecule has 32 heavy (non-hydrogen) atoms. The van der Waals surface area contributed by atoms with Gasteiger partial charge >= 0.3 is 0 Å². The largest absolute Gasteiger partial charge is 0.490 e. The second-order valence-electron chi connectivity index (χ2n) is 8.42. The normalized spacial score (nSPS) is 17.6. The SMILES string of the molecule is C=Cc1ccc(OCC2CCCO2)c2c1CN(Cc1ccc(-c3cnn(C)c3)cc1)C2=O. The van der Waals surface area contributed by atoms with Crippen LogP contribution in [0.15, 0.2) is 55.4 Å². The number of nitrogens with zero attached hydrogens (tertiary/aromatic N) is 3. The Bertz CT molecular complexity index is 1140. The van der Waals surface area contributed by atoms with Crippen molar-refractivity contribution in [2.75, 3.05) is 13.2 Å². The third kappa shape index (κ3) is 3.94. The lowest BCUT2D eigenvalue weighted by molar-refractivity contribution is 0.0659. The van der Waals surface area contributed by atoms with E-state index in [1.54, 1.807) is 4.68 Å². The number of ether oxygens (including phenoxy) is 2. The van der Waals surface area contributed by atoms with Crippen LogP contribution in [0.5, 0.6) is 5.75 Å². The summed E-state index contributed by atoms with van der Waals surface area (Å²) in [7, 11) is 1.91. The van der Waals surface area contributed by atoms with Gasteiger partial charge in [0.25, 0.3) is 5.91 Å². The van der Waals surface area contributed by atoms with Gasteiger partial charge in [-0.3, -0.25) is 9.48 Å². The van der Waals surface area contributed by atoms with Gasteiger partial charge in [0.1, 0.15) is 12.4 Å². The van der Waals surface area contributed by atoms with Gasteiger partial charge in [-0.15, -0.1) is 0 Å². The Kier molecular flexibility index (Phi) is 5.53. The Morgan fingerprint density at radius 1 is 1.22 bits per heavy atom. The van der Waals surface area contributed by atoms with Crippen LogP contribution in [0, 0.1) is 0 Å². The van der Waals surface area contributed by atoms with Crippen molar-refractivity contribution in [3.8, 4) is 16.9 Å². The second kappa shape index (κ2) is 8.63. The number of rotatable bonds is 7. The summed E-state index contributed by atoms with van der Waals surface area (Å²) >= 11 is 0. The molecule has 1 atom stereocenters. The van der Waals surface area contributed by atoms with E-state index < -0.39 is 0 Å². The highest BCUT2D eigenvalue weighted by atomic mass is 16.5. The van der Waals surface area contributed by atoms with Crippen LogP contribution in [0.1, 0.15) is 39.9 Å². The lowest BCUT2D eigenvalue weighted by Crippen LogP contribution is -2.24. The summed E-state index contributed by atoms with van der Waals surface area (Å²) in [6.07, 6.45) is 7.82. The van der Waals surface area contributed by atoms with Crippen LogP contribution in [0.25, 0.3) is 17.2 Å². The highest BCUT2D eigenvalue weighted by Gasteiger charge is 2.33. The smallest absolute Gasteiger partial charge is 0.258 e. The van der Waals surface area contributed by atoms with Crippen molar-refractivity contribution in [3.05, 3.63) is 77.6 Å². The molecule has 2 aliphatic heterocycles. The Labute approximate surface area is 188 Å². The van der Waals surface area contributed by atoms with Crippen molar-refractivity contribution in [3.63, 3.8) is 0 Å². The molecule has 164 valence electrons. The maximum absolute atomic E-state index is 13.3. The third-order valence-corrected chi connectivity index (χ3v) is 6.20. The maximum atomic E-state index is 13.3. The third-order valence-electron chi connectivity index (χ3n) is 6.20. The van der Waals surface area contributed by atoms with E-state index in [0.717, 1.165) is 47.3 Å². The summed E-state index contributed by atoms with van der Waals surface area (Å²) in [6, 6.07) is 12.2. The van der Waals surface area contributed by atoms with Crippen molar-refractivity contribution in [1.29, 1.82) is 0 Å². The van der Waals surface area contributed by atoms with E-state index in [1.807, 2.05) is 42.6 Å². The molecule has 0 spiro atoms. The van der Waals surface area contributed by atoms with E-state index in [-0.39, 0.29) is 12.0 Å². The Balaban J connectivity index is 1.33. The van der Waals surface area contributed by atoms with Crippen molar-refractivity contribution < 1.29 is 14.3 Å². The quantitative estimate of drug-likeness (QED) is 0.557. The fourth-order valence-electron chi connectivity index (χ4n) is 4.46. The zero-order valence-electron chi connectivity index (χ0n) is 18.3. The molecule has 5 rings (SSSR count). The fraction of sp³-hybridized carbons (Fsp3) is 0.308. The van der Waals surface area contributed by atoms with Gasteiger partial charge in [0.15, 0.2) is 0 Å².